The molecule has 1 N–H and O–H groups in total. The van der Waals surface area contributed by atoms with Crippen molar-refractivity contribution in [2.24, 2.45) is 0 Å². The Balaban J connectivity index is 3.39. The maximum absolute atomic E-state index is 12.4. The molecule has 3 nitrogen and oxygen atoms in total. The molecule has 0 aromatic rings. The number of amides is 1. The second kappa shape index (κ2) is 32.3. The van der Waals surface area contributed by atoms with Gasteiger partial charge in [0.25, 0.3) is 5.91 Å². The fourth-order valence-corrected chi connectivity index (χ4v) is 6.16. The summed E-state index contributed by atoms with van der Waals surface area (Å²) in [5.74, 6) is 0.237. The predicted octanol–water partition coefficient (Wildman–Crippen LogP) is 12.6. The van der Waals surface area contributed by atoms with E-state index in [1.807, 2.05) is 0 Å². The molecule has 0 aliphatic rings. The van der Waals surface area contributed by atoms with Crippen LogP contribution >= 0.6 is 0 Å². The van der Waals surface area contributed by atoms with E-state index in [-0.39, 0.29) is 5.91 Å². The number of unbranched alkanes of at least 4 members (excludes halogenated alkanes) is 29. The van der Waals surface area contributed by atoms with Gasteiger partial charge < -0.3 is 0 Å². The zero-order chi connectivity index (χ0) is 30.1. The van der Waals surface area contributed by atoms with E-state index in [1.165, 1.54) is 193 Å². The van der Waals surface area contributed by atoms with E-state index in [4.69, 9.17) is 0 Å². The Kier molecular flexibility index (Phi) is 31.9. The first-order chi connectivity index (χ1) is 20.0. The molecular weight excluding hydrogens is 500 g/mol. The fourth-order valence-electron chi connectivity index (χ4n) is 6.16. The summed E-state index contributed by atoms with van der Waals surface area (Å²) in [7, 11) is 4.30. The highest BCUT2D eigenvalue weighted by atomic mass is 16.2. The third-order valence-corrected chi connectivity index (χ3v) is 9.01. The summed E-state index contributed by atoms with van der Waals surface area (Å²) in [5.41, 5.74) is 3.26. The summed E-state index contributed by atoms with van der Waals surface area (Å²) in [5, 5.41) is 0. The van der Waals surface area contributed by atoms with Gasteiger partial charge in [-0.3, -0.25) is 4.79 Å². The molecule has 41 heavy (non-hydrogen) atoms. The van der Waals surface area contributed by atoms with Crippen LogP contribution in [-0.4, -0.2) is 31.1 Å². The Hall–Kier alpha value is -0.570. The zero-order valence-corrected chi connectivity index (χ0v) is 29.2. The lowest BCUT2D eigenvalue weighted by atomic mass is 10.0. The Labute approximate surface area is 260 Å². The monoisotopic (exact) mass is 580 g/mol. The molecule has 0 saturated carbocycles. The van der Waals surface area contributed by atoms with Crippen molar-refractivity contribution in [2.75, 3.05) is 20.6 Å². The molecule has 0 heterocycles. The van der Waals surface area contributed by atoms with Crippen molar-refractivity contribution in [2.45, 2.75) is 219 Å². The van der Waals surface area contributed by atoms with Crippen LogP contribution in [0.3, 0.4) is 0 Å². The van der Waals surface area contributed by atoms with E-state index in [0.29, 0.717) is 11.0 Å². The fraction of sp³-hybridized carbons (Fsp3) is 0.974. The lowest BCUT2D eigenvalue weighted by Gasteiger charge is -2.29. The van der Waals surface area contributed by atoms with E-state index < -0.39 is 0 Å². The van der Waals surface area contributed by atoms with Crippen molar-refractivity contribution in [1.82, 2.24) is 5.43 Å². The minimum Gasteiger partial charge on any atom is -0.270 e. The Bertz CT molecular complexity index is 518. The Morgan fingerprint density at radius 2 is 0.634 bits per heavy atom. The topological polar surface area (TPSA) is 29.1 Å². The largest absolute Gasteiger partial charge is 0.270 e. The minimum absolute atomic E-state index is 0.237. The molecule has 0 aliphatic heterocycles. The molecule has 0 rings (SSSR count). The molecular formula is C38H79N2O+. The molecule has 0 aliphatic carbocycles. The van der Waals surface area contributed by atoms with Crippen LogP contribution in [0.15, 0.2) is 0 Å². The van der Waals surface area contributed by atoms with Gasteiger partial charge in [0.05, 0.1) is 14.1 Å². The maximum atomic E-state index is 12.4. The van der Waals surface area contributed by atoms with Crippen LogP contribution in [0.1, 0.15) is 219 Å². The van der Waals surface area contributed by atoms with Crippen molar-refractivity contribution >= 4 is 5.91 Å². The standard InChI is InChI=1S/C38H78N2O/c1-5-7-9-11-13-15-17-19-21-22-23-24-26-28-30-32-34-36-38(41)39-40(3,4)37-35-33-31-29-27-25-20-18-16-14-12-10-8-6-2/h5-37H2,1-4H3/p+1. The number of carbonyl (C=O) groups excluding carboxylic acids is 1. The molecule has 0 aromatic heterocycles. The predicted molar refractivity (Wildman–Crippen MR) is 184 cm³/mol. The third-order valence-electron chi connectivity index (χ3n) is 9.01. The van der Waals surface area contributed by atoms with E-state index in [2.05, 4.69) is 33.4 Å². The van der Waals surface area contributed by atoms with Crippen LogP contribution in [-0.2, 0) is 4.79 Å². The molecule has 246 valence electrons. The van der Waals surface area contributed by atoms with E-state index in [0.717, 1.165) is 13.0 Å². The highest BCUT2D eigenvalue weighted by Gasteiger charge is 2.18. The molecule has 0 bridgehead atoms. The van der Waals surface area contributed by atoms with Crippen molar-refractivity contribution in [1.29, 1.82) is 0 Å². The van der Waals surface area contributed by atoms with Gasteiger partial charge in [-0.1, -0.05) is 194 Å². The van der Waals surface area contributed by atoms with Crippen LogP contribution in [0, 0.1) is 0 Å². The Morgan fingerprint density at radius 1 is 0.390 bits per heavy atom. The van der Waals surface area contributed by atoms with Gasteiger partial charge in [0.1, 0.15) is 6.54 Å². The first kappa shape index (κ1) is 40.4. The van der Waals surface area contributed by atoms with E-state index >= 15 is 0 Å². The molecule has 0 aromatic carbocycles. The average molecular weight is 580 g/mol. The summed E-state index contributed by atoms with van der Waals surface area (Å²) in [6.07, 6.45) is 43.7. The number of nitrogens with zero attached hydrogens (tertiary/aromatic N) is 1. The third kappa shape index (κ3) is 33.8. The van der Waals surface area contributed by atoms with Gasteiger partial charge in [-0.05, 0) is 19.3 Å². The normalized spacial score (nSPS) is 11.8. The number of hydrogen-bond donors (Lipinski definition) is 1. The van der Waals surface area contributed by atoms with Crippen molar-refractivity contribution < 1.29 is 9.39 Å². The van der Waals surface area contributed by atoms with Crippen molar-refractivity contribution in [3.8, 4) is 0 Å². The van der Waals surface area contributed by atoms with Crippen LogP contribution < -0.4 is 5.43 Å². The van der Waals surface area contributed by atoms with Gasteiger partial charge >= 0.3 is 0 Å². The van der Waals surface area contributed by atoms with E-state index in [9.17, 15) is 4.79 Å². The smallest absolute Gasteiger partial charge is 0.264 e. The molecule has 0 saturated heterocycles. The maximum Gasteiger partial charge on any atom is 0.264 e. The van der Waals surface area contributed by atoms with Crippen LogP contribution in [0.2, 0.25) is 0 Å². The van der Waals surface area contributed by atoms with Gasteiger partial charge in [-0.15, -0.1) is 0 Å². The summed E-state index contributed by atoms with van der Waals surface area (Å²) >= 11 is 0. The molecule has 0 radical (unpaired) electrons. The minimum atomic E-state index is 0.237. The van der Waals surface area contributed by atoms with Crippen LogP contribution in [0.4, 0.5) is 0 Å². The zero-order valence-electron chi connectivity index (χ0n) is 29.2. The van der Waals surface area contributed by atoms with Crippen molar-refractivity contribution in [3.05, 3.63) is 0 Å². The number of nitrogens with one attached hydrogen (secondary N) is 1. The van der Waals surface area contributed by atoms with Gasteiger partial charge in [0.15, 0.2) is 0 Å². The molecule has 3 heteroatoms. The van der Waals surface area contributed by atoms with Gasteiger partial charge in [0, 0.05) is 6.42 Å². The second-order valence-corrected chi connectivity index (χ2v) is 13.9. The number of carbonyl (C=O) groups is 1. The number of hydrogen-bond acceptors (Lipinski definition) is 1. The summed E-state index contributed by atoms with van der Waals surface area (Å²) in [6, 6.07) is 0. The van der Waals surface area contributed by atoms with Gasteiger partial charge in [-0.25, -0.2) is 10.0 Å². The Morgan fingerprint density at radius 3 is 0.927 bits per heavy atom. The molecule has 0 unspecified atom stereocenters. The highest BCUT2D eigenvalue weighted by molar-refractivity contribution is 5.74. The first-order valence-corrected chi connectivity index (χ1v) is 19.2. The van der Waals surface area contributed by atoms with Gasteiger partial charge in [-0.2, -0.15) is 0 Å². The summed E-state index contributed by atoms with van der Waals surface area (Å²) in [6.45, 7) is 5.63. The SMILES string of the molecule is CCCCCCCCCCCCCCCCCCCC(=O)N[N+](C)(C)CCCCCCCCCCCCCCCC. The quantitative estimate of drug-likeness (QED) is 0.0458. The van der Waals surface area contributed by atoms with Gasteiger partial charge in [0.2, 0.25) is 0 Å². The van der Waals surface area contributed by atoms with Crippen molar-refractivity contribution in [3.63, 3.8) is 0 Å². The highest BCUT2D eigenvalue weighted by Crippen LogP contribution is 2.15. The molecule has 0 fully saturated rings. The number of quaternary nitrogens is 1. The molecule has 1 amide bonds. The molecule has 0 atom stereocenters. The summed E-state index contributed by atoms with van der Waals surface area (Å²) < 4.78 is 0.635. The second-order valence-electron chi connectivity index (χ2n) is 13.9. The van der Waals surface area contributed by atoms with Crippen LogP contribution in [0.5, 0.6) is 0 Å². The first-order valence-electron chi connectivity index (χ1n) is 19.2. The van der Waals surface area contributed by atoms with Crippen LogP contribution in [0.25, 0.3) is 0 Å². The van der Waals surface area contributed by atoms with E-state index in [1.54, 1.807) is 0 Å². The lowest BCUT2D eigenvalue weighted by molar-refractivity contribution is -0.925. The number of rotatable bonds is 34. The lowest BCUT2D eigenvalue weighted by Crippen LogP contribution is -2.54. The summed E-state index contributed by atoms with van der Waals surface area (Å²) in [4.78, 5) is 12.4. The average Bonchev–Trinajstić information content (AvgIpc) is 2.94. The molecule has 0 spiro atoms.